The fourth-order valence-electron chi connectivity index (χ4n) is 31.7. The number of carboxylic acids is 1. The minimum atomic E-state index is -0.754. The molecule has 18 nitrogen and oxygen atoms in total. The van der Waals surface area contributed by atoms with Gasteiger partial charge in [-0.05, 0) is 254 Å². The third kappa shape index (κ3) is 13.1. The fourth-order valence-corrected chi connectivity index (χ4v) is 31.7. The Kier molecular flexibility index (Phi) is 21.5. The second-order valence-corrected chi connectivity index (χ2v) is 47.2. The van der Waals surface area contributed by atoms with E-state index >= 15 is 0 Å². The number of fused-ring (bicyclic) bond motifs is 21. The van der Waals surface area contributed by atoms with Gasteiger partial charge in [0.1, 0.15) is 18.2 Å². The molecule has 0 aliphatic heterocycles. The number of nitrogens with one attached hydrogen (secondary N) is 2. The number of Topliss-reactive ketones (excluding diaryl/α,β-unsaturated/α-hetero) is 3. The maximum absolute atomic E-state index is 14.6. The van der Waals surface area contributed by atoms with Gasteiger partial charge in [-0.3, -0.25) is 54.0 Å². The molecule has 0 unspecified atom stereocenters. The van der Waals surface area contributed by atoms with Crippen molar-refractivity contribution in [2.75, 3.05) is 0 Å². The van der Waals surface area contributed by atoms with Crippen LogP contribution in [0.4, 0.5) is 0 Å². The summed E-state index contributed by atoms with van der Waals surface area (Å²) in [5, 5.41) is 48.1. The van der Waals surface area contributed by atoms with Crippen LogP contribution in [0.1, 0.15) is 329 Å². The van der Waals surface area contributed by atoms with E-state index < -0.39 is 38.5 Å². The number of aryl methyl sites for hydroxylation is 1. The quantitative estimate of drug-likeness (QED) is 0.223. The Balaban J connectivity index is 0.000000164. The molecule has 3 N–H and O–H groups in total. The topological polar surface area (TPSA) is 308 Å². The molecule has 0 spiro atoms. The summed E-state index contributed by atoms with van der Waals surface area (Å²) in [6.45, 7) is 49.4. The first kappa shape index (κ1) is 88.8. The lowest BCUT2D eigenvalue weighted by atomic mass is 9.34. The number of carbonyl (C=O) groups excluding carboxylic acids is 8. The van der Waals surface area contributed by atoms with E-state index in [2.05, 4.69) is 143 Å². The summed E-state index contributed by atoms with van der Waals surface area (Å²) in [6, 6.07) is 6.55. The zero-order valence-corrected chi connectivity index (χ0v) is 77.4. The summed E-state index contributed by atoms with van der Waals surface area (Å²) >= 11 is 0. The first-order chi connectivity index (χ1) is 56.4. The summed E-state index contributed by atoms with van der Waals surface area (Å²) in [5.74, 6) is 0.261. The highest BCUT2D eigenvalue weighted by molar-refractivity contribution is 6.07. The minimum Gasteiger partial charge on any atom is -0.481 e. The van der Waals surface area contributed by atoms with Crippen molar-refractivity contribution in [2.24, 2.45) is 151 Å². The molecular weight excluding hydrogens is 1500 g/mol. The molecule has 1 heterocycles. The van der Waals surface area contributed by atoms with Crippen LogP contribution in [0.25, 0.3) is 0 Å². The molecule has 0 radical (unpaired) electrons. The van der Waals surface area contributed by atoms with E-state index in [0.717, 1.165) is 158 Å². The van der Waals surface area contributed by atoms with Crippen molar-refractivity contribution in [2.45, 2.75) is 328 Å². The van der Waals surface area contributed by atoms with Gasteiger partial charge < -0.3 is 9.52 Å². The Morgan fingerprint density at radius 1 is 0.450 bits per heavy atom. The molecule has 2 amide bonds. The fraction of sp³-hybridized carbons (Fsp3) is 0.745. The third-order valence-electron chi connectivity index (χ3n) is 38.6. The molecule has 15 aliphatic rings. The average molecular weight is 1650 g/mol. The SMILES string of the molecule is CC(=O)NNC(=O)C[C@]12CCC(C)(C)C[C@H]1[C@H]1C(=O)C=C3[C@@]4(C)C=C(C#N)C(=O)C(C)(C)[C@@H]4CC[C@@]3(C)[C@]1(C)CC2.CC1(C)CC[C@]2(CC(=O)O)CC[C@]3(C)[C@H](C(=O)C=C4[C@@]5(C)C=C(C#N)C(=O)C(C)(C)[C@@H]5CC[C@]43C)[C@@H]2C1.Cc1nnc(C[C@]23CCC(C)(C)C[C@H]2[C@H]2C(=O)C=C4[C@@]5(C)C=C(C#N)C(=O)C(C)(C)[C@@H]5CC[C@@]4(C)[C@]2(C)CC3)o1.[3H]C.[3H]C. The number of hydrogen-bond donors (Lipinski definition) is 3. The van der Waals surface area contributed by atoms with E-state index in [4.69, 9.17) is 7.16 Å². The number of hydrazine groups is 1. The lowest BCUT2D eigenvalue weighted by molar-refractivity contribution is -0.177. The molecule has 16 rings (SSSR count). The zero-order valence-electron chi connectivity index (χ0n) is 79.4. The second kappa shape index (κ2) is 29.0. The van der Waals surface area contributed by atoms with Crippen molar-refractivity contribution in [3.05, 3.63) is 81.7 Å². The smallest absolute Gasteiger partial charge is 0.303 e. The Labute approximate surface area is 719 Å². The standard InChI is InChI=1S/C34H47N3O4.C34H45N3O3.C32H43NO4.2CH4/c1-20(38)36-37-26(40)18-34-13-11-29(2,3)17-22(34)27-23(39)15-25-31(6)16-21(19-35)28(41)30(4,5)24(31)9-10-32(25,7)33(27,8)12-14-34;1-20-36-37-26(40-20)18-34-13-11-29(2,3)17-22(34)27-23(38)15-25-31(6)16-21(19-35)28(39)30(4,5)24(31)9-10-32(25,7)33(27,8)12-14-34;1-27(2)10-12-32(17-24(35)36)13-11-31(7)25(20(32)16-27)21(34)14-23-29(5)15-19(18-33)26(37)28(3,4)22(29)8-9-30(23,31)6;;/h15-16,22,24,27H,9-14,17-18H2,1-8H3,(H,36,38)(H,37,40);15-16,22,24,27H,9-14,17-18H2,1-8H3;14-15,20,22,25H,8-13,16-17H2,1-7H3,(H,35,36);2*1H4/t2*22-,24-,27-,31-,32+,33+,34+;20-,22-,25-,29-,30+,31+,32+;;/m000../s1/i;;;2*1T. The van der Waals surface area contributed by atoms with Crippen LogP contribution in [0.3, 0.4) is 0 Å². The lowest BCUT2D eigenvalue weighted by Gasteiger charge is -2.69. The first-order valence-electron chi connectivity index (χ1n) is 46.8. The van der Waals surface area contributed by atoms with Crippen LogP contribution in [0.5, 0.6) is 0 Å². The van der Waals surface area contributed by atoms with E-state index in [9.17, 15) is 64.0 Å². The van der Waals surface area contributed by atoms with Crippen LogP contribution in [0.15, 0.2) is 74.3 Å². The second-order valence-electron chi connectivity index (χ2n) is 47.2. The number of amides is 2. The van der Waals surface area contributed by atoms with Crippen LogP contribution in [-0.2, 0) is 49.6 Å². The number of aromatic nitrogens is 2. The molecular formula is C102H143N7O11. The van der Waals surface area contributed by atoms with Crippen LogP contribution in [-0.4, -0.2) is 67.8 Å². The highest BCUT2D eigenvalue weighted by Crippen LogP contribution is 2.80. The number of ketones is 6. The largest absolute Gasteiger partial charge is 0.481 e. The monoisotopic (exact) mass is 1650 g/mol. The van der Waals surface area contributed by atoms with Crippen LogP contribution < -0.4 is 10.9 Å². The predicted octanol–water partition coefficient (Wildman–Crippen LogP) is 20.9. The summed E-state index contributed by atoms with van der Waals surface area (Å²) in [7, 11) is 2.50. The van der Waals surface area contributed by atoms with Gasteiger partial charge in [-0.25, -0.2) is 0 Å². The number of carboxylic acid groups (broad SMARTS) is 1. The molecule has 21 atom stereocenters. The summed E-state index contributed by atoms with van der Waals surface area (Å²) < 4.78 is 17.4. The molecule has 9 fully saturated rings. The van der Waals surface area contributed by atoms with Crippen molar-refractivity contribution in [1.82, 2.24) is 21.0 Å². The van der Waals surface area contributed by atoms with Gasteiger partial charge >= 0.3 is 5.97 Å². The normalized spacial score (nSPS) is 43.1. The van der Waals surface area contributed by atoms with E-state index in [1.807, 2.05) is 84.9 Å². The van der Waals surface area contributed by atoms with Crippen molar-refractivity contribution in [3.8, 4) is 18.2 Å². The van der Waals surface area contributed by atoms with E-state index in [1.54, 1.807) is 0 Å². The number of nitrogens with zero attached hydrogens (tertiary/aromatic N) is 5. The molecule has 652 valence electrons. The van der Waals surface area contributed by atoms with Gasteiger partial charge in [0.2, 0.25) is 23.6 Å². The van der Waals surface area contributed by atoms with Crippen molar-refractivity contribution in [3.63, 3.8) is 0 Å². The maximum atomic E-state index is 14.6. The Morgan fingerprint density at radius 3 is 1.05 bits per heavy atom. The van der Waals surface area contributed by atoms with E-state index in [0.29, 0.717) is 18.2 Å². The van der Waals surface area contributed by atoms with Gasteiger partial charge in [-0.2, -0.15) is 15.8 Å². The van der Waals surface area contributed by atoms with Gasteiger partial charge in [0.15, 0.2) is 34.7 Å². The third-order valence-corrected chi connectivity index (χ3v) is 38.6. The van der Waals surface area contributed by atoms with Gasteiger partial charge in [0, 0.05) is 79.7 Å². The molecule has 0 bridgehead atoms. The first-order valence-corrected chi connectivity index (χ1v) is 44.8. The van der Waals surface area contributed by atoms with Crippen molar-refractivity contribution < 1.29 is 55.4 Å². The summed E-state index contributed by atoms with van der Waals surface area (Å²) in [4.78, 5) is 120. The van der Waals surface area contributed by atoms with Gasteiger partial charge in [-0.1, -0.05) is 195 Å². The minimum absolute atomic E-state index is 0.0145. The highest BCUT2D eigenvalue weighted by atomic mass is 16.4. The Morgan fingerprint density at radius 2 is 0.750 bits per heavy atom. The number of aliphatic carboxylic acids is 1. The molecule has 1 aromatic rings. The number of allylic oxidation sites excluding steroid dienone is 12. The zero-order chi connectivity index (χ0) is 90.9. The Hall–Kier alpha value is -7.52. The number of rotatable bonds is 6. The predicted molar refractivity (Wildman–Crippen MR) is 462 cm³/mol. The lowest BCUT2D eigenvalue weighted by Crippen LogP contribution is -2.65. The van der Waals surface area contributed by atoms with Gasteiger partial charge in [-0.15, -0.1) is 10.2 Å². The van der Waals surface area contributed by atoms with Crippen LogP contribution >= 0.6 is 0 Å². The number of carbonyl (C=O) groups is 9. The van der Waals surface area contributed by atoms with Crippen molar-refractivity contribution >= 4 is 52.5 Å². The Bertz CT molecular complexity index is 4910. The molecule has 15 aliphatic carbocycles. The van der Waals surface area contributed by atoms with Crippen molar-refractivity contribution in [1.29, 1.82) is 15.8 Å². The molecule has 120 heavy (non-hydrogen) atoms. The average Bonchev–Trinajstić information content (AvgIpc) is 0.704. The van der Waals surface area contributed by atoms with E-state index in [1.165, 1.54) is 21.7 Å². The maximum Gasteiger partial charge on any atom is 0.303 e. The number of nitriles is 3. The molecule has 18 heteroatoms. The molecule has 1 aromatic heterocycles. The van der Waals surface area contributed by atoms with Gasteiger partial charge in [0.05, 0.1) is 23.1 Å². The molecule has 9 saturated carbocycles. The number of hydrogen-bond acceptors (Lipinski definition) is 15. The van der Waals surface area contributed by atoms with Gasteiger partial charge in [0.25, 0.3) is 0 Å². The molecule has 0 saturated heterocycles. The van der Waals surface area contributed by atoms with Crippen LogP contribution in [0.2, 0.25) is 0 Å². The summed E-state index contributed by atoms with van der Waals surface area (Å²) in [6.07, 6.45) is 32.2. The van der Waals surface area contributed by atoms with E-state index in [-0.39, 0.29) is 188 Å². The van der Waals surface area contributed by atoms with Crippen LogP contribution in [0, 0.1) is 192 Å². The highest BCUT2D eigenvalue weighted by Gasteiger charge is 2.75. The summed E-state index contributed by atoms with van der Waals surface area (Å²) in [5.41, 5.74) is 3.54. The molecule has 0 aromatic carbocycles.